The highest BCUT2D eigenvalue weighted by atomic mass is 127. The molecule has 0 fully saturated rings. The standard InChI is InChI=1S/C15H18INS/c1-9(2)15(17)14-7-6-13(18-14)11-5-4-10(3)12(16)8-11/h4-9,15H,17H2,1-3H3. The molecular formula is C15H18INS. The van der Waals surface area contributed by atoms with Crippen LogP contribution in [0.1, 0.15) is 30.3 Å². The van der Waals surface area contributed by atoms with Crippen LogP contribution >= 0.6 is 33.9 Å². The van der Waals surface area contributed by atoms with Crippen molar-refractivity contribution in [1.29, 1.82) is 0 Å². The lowest BCUT2D eigenvalue weighted by Crippen LogP contribution is -2.14. The number of hydrogen-bond donors (Lipinski definition) is 1. The highest BCUT2D eigenvalue weighted by molar-refractivity contribution is 14.1. The van der Waals surface area contributed by atoms with Gasteiger partial charge in [0.1, 0.15) is 0 Å². The second-order valence-electron chi connectivity index (χ2n) is 4.94. The van der Waals surface area contributed by atoms with Crippen molar-refractivity contribution in [2.24, 2.45) is 11.7 Å². The first-order chi connectivity index (χ1) is 8.49. The van der Waals surface area contributed by atoms with Crippen molar-refractivity contribution < 1.29 is 0 Å². The zero-order valence-electron chi connectivity index (χ0n) is 10.9. The summed E-state index contributed by atoms with van der Waals surface area (Å²) in [6.07, 6.45) is 0. The Morgan fingerprint density at radius 2 is 1.89 bits per heavy atom. The van der Waals surface area contributed by atoms with Gasteiger partial charge >= 0.3 is 0 Å². The van der Waals surface area contributed by atoms with Gasteiger partial charge in [0.25, 0.3) is 0 Å². The molecule has 0 aliphatic rings. The summed E-state index contributed by atoms with van der Waals surface area (Å²) < 4.78 is 1.31. The zero-order chi connectivity index (χ0) is 13.3. The first-order valence-corrected chi connectivity index (χ1v) is 8.00. The fraction of sp³-hybridized carbons (Fsp3) is 0.333. The molecule has 2 rings (SSSR count). The van der Waals surface area contributed by atoms with Gasteiger partial charge in [0.05, 0.1) is 0 Å². The van der Waals surface area contributed by atoms with Gasteiger partial charge in [-0.15, -0.1) is 11.3 Å². The van der Waals surface area contributed by atoms with Crippen molar-refractivity contribution in [2.45, 2.75) is 26.8 Å². The maximum absolute atomic E-state index is 6.19. The Morgan fingerprint density at radius 1 is 1.17 bits per heavy atom. The number of rotatable bonds is 3. The molecule has 18 heavy (non-hydrogen) atoms. The van der Waals surface area contributed by atoms with E-state index >= 15 is 0 Å². The minimum absolute atomic E-state index is 0.147. The first kappa shape index (κ1) is 14.0. The molecule has 0 bridgehead atoms. The highest BCUT2D eigenvalue weighted by Crippen LogP contribution is 2.33. The van der Waals surface area contributed by atoms with Crippen LogP contribution in [-0.4, -0.2) is 0 Å². The first-order valence-electron chi connectivity index (χ1n) is 6.11. The summed E-state index contributed by atoms with van der Waals surface area (Å²) in [4.78, 5) is 2.58. The molecule has 0 aliphatic carbocycles. The molecule has 1 aromatic carbocycles. The molecule has 2 aromatic rings. The average Bonchev–Trinajstić information content (AvgIpc) is 2.81. The predicted molar refractivity (Wildman–Crippen MR) is 89.0 cm³/mol. The summed E-state index contributed by atoms with van der Waals surface area (Å²) >= 11 is 4.20. The van der Waals surface area contributed by atoms with Gasteiger partial charge in [0.15, 0.2) is 0 Å². The lowest BCUT2D eigenvalue weighted by Gasteiger charge is -2.12. The molecular weight excluding hydrogens is 353 g/mol. The van der Waals surface area contributed by atoms with Gasteiger partial charge in [-0.3, -0.25) is 0 Å². The Balaban J connectivity index is 2.32. The SMILES string of the molecule is Cc1ccc(-c2ccc(C(N)C(C)C)s2)cc1I. The number of halogens is 1. The van der Waals surface area contributed by atoms with Crippen LogP contribution < -0.4 is 5.73 Å². The van der Waals surface area contributed by atoms with Gasteiger partial charge in [-0.05, 0) is 64.8 Å². The summed E-state index contributed by atoms with van der Waals surface area (Å²) in [6.45, 7) is 6.47. The van der Waals surface area contributed by atoms with E-state index in [1.165, 1.54) is 24.5 Å². The third-order valence-electron chi connectivity index (χ3n) is 3.13. The van der Waals surface area contributed by atoms with Gasteiger partial charge in [0, 0.05) is 19.4 Å². The smallest absolute Gasteiger partial charge is 0.0413 e. The largest absolute Gasteiger partial charge is 0.323 e. The summed E-state index contributed by atoms with van der Waals surface area (Å²) in [5, 5.41) is 0. The highest BCUT2D eigenvalue weighted by Gasteiger charge is 2.13. The van der Waals surface area contributed by atoms with E-state index in [0.29, 0.717) is 5.92 Å². The normalized spacial score (nSPS) is 13.0. The van der Waals surface area contributed by atoms with Crippen LogP contribution in [0.4, 0.5) is 0 Å². The molecule has 0 spiro atoms. The Kier molecular flexibility index (Phi) is 4.45. The topological polar surface area (TPSA) is 26.0 Å². The fourth-order valence-electron chi connectivity index (χ4n) is 1.76. The molecule has 2 N–H and O–H groups in total. The van der Waals surface area contributed by atoms with E-state index in [1.807, 2.05) is 11.3 Å². The minimum Gasteiger partial charge on any atom is -0.323 e. The van der Waals surface area contributed by atoms with Gasteiger partial charge in [-0.2, -0.15) is 0 Å². The Morgan fingerprint density at radius 3 is 2.50 bits per heavy atom. The Bertz CT molecular complexity index is 545. The second-order valence-corrected chi connectivity index (χ2v) is 7.21. The van der Waals surface area contributed by atoms with Crippen molar-refractivity contribution in [2.75, 3.05) is 0 Å². The Labute approximate surface area is 127 Å². The number of thiophene rings is 1. The molecule has 1 unspecified atom stereocenters. The molecule has 1 nitrogen and oxygen atoms in total. The van der Waals surface area contributed by atoms with E-state index in [9.17, 15) is 0 Å². The summed E-state index contributed by atoms with van der Waals surface area (Å²) in [7, 11) is 0. The van der Waals surface area contributed by atoms with Crippen LogP contribution in [0.5, 0.6) is 0 Å². The van der Waals surface area contributed by atoms with E-state index in [-0.39, 0.29) is 6.04 Å². The van der Waals surface area contributed by atoms with Gasteiger partial charge in [0.2, 0.25) is 0 Å². The van der Waals surface area contributed by atoms with Crippen LogP contribution in [0.25, 0.3) is 10.4 Å². The van der Waals surface area contributed by atoms with Crippen molar-refractivity contribution in [3.05, 3.63) is 44.3 Å². The molecule has 1 atom stereocenters. The third kappa shape index (κ3) is 2.95. The van der Waals surface area contributed by atoms with Gasteiger partial charge in [-0.1, -0.05) is 26.0 Å². The fourth-order valence-corrected chi connectivity index (χ4v) is 3.46. The second kappa shape index (κ2) is 5.72. The van der Waals surface area contributed by atoms with Crippen LogP contribution in [0.3, 0.4) is 0 Å². The van der Waals surface area contributed by atoms with Crippen LogP contribution in [-0.2, 0) is 0 Å². The lowest BCUT2D eigenvalue weighted by atomic mass is 10.0. The Hall–Kier alpha value is -0.390. The summed E-state index contributed by atoms with van der Waals surface area (Å²) in [6, 6.07) is 11.1. The molecule has 0 aliphatic heterocycles. The van der Waals surface area contributed by atoms with E-state index in [0.717, 1.165) is 0 Å². The van der Waals surface area contributed by atoms with Crippen molar-refractivity contribution in [3.63, 3.8) is 0 Å². The minimum atomic E-state index is 0.147. The number of benzene rings is 1. The van der Waals surface area contributed by atoms with E-state index in [2.05, 4.69) is 73.7 Å². The quantitative estimate of drug-likeness (QED) is 0.757. The van der Waals surface area contributed by atoms with E-state index in [1.54, 1.807) is 0 Å². The molecule has 1 aromatic heterocycles. The average molecular weight is 371 g/mol. The predicted octanol–water partition coefficient (Wildman–Crippen LogP) is 4.98. The molecule has 1 heterocycles. The molecule has 0 saturated heterocycles. The van der Waals surface area contributed by atoms with Crippen LogP contribution in [0.15, 0.2) is 30.3 Å². The summed E-state index contributed by atoms with van der Waals surface area (Å²) in [5.74, 6) is 0.481. The van der Waals surface area contributed by atoms with Crippen LogP contribution in [0.2, 0.25) is 0 Å². The van der Waals surface area contributed by atoms with Crippen LogP contribution in [0, 0.1) is 16.4 Å². The molecule has 3 heteroatoms. The molecule has 0 saturated carbocycles. The monoisotopic (exact) mass is 371 g/mol. The van der Waals surface area contributed by atoms with Gasteiger partial charge in [-0.25, -0.2) is 0 Å². The van der Waals surface area contributed by atoms with Crippen molar-refractivity contribution >= 4 is 33.9 Å². The number of nitrogens with two attached hydrogens (primary N) is 1. The number of aryl methyl sites for hydroxylation is 1. The maximum Gasteiger partial charge on any atom is 0.0413 e. The van der Waals surface area contributed by atoms with Gasteiger partial charge < -0.3 is 5.73 Å². The van der Waals surface area contributed by atoms with E-state index in [4.69, 9.17) is 5.73 Å². The van der Waals surface area contributed by atoms with Crippen molar-refractivity contribution in [1.82, 2.24) is 0 Å². The zero-order valence-corrected chi connectivity index (χ0v) is 13.9. The maximum atomic E-state index is 6.19. The molecule has 0 radical (unpaired) electrons. The third-order valence-corrected chi connectivity index (χ3v) is 5.53. The van der Waals surface area contributed by atoms with Crippen molar-refractivity contribution in [3.8, 4) is 10.4 Å². The lowest BCUT2D eigenvalue weighted by molar-refractivity contribution is 0.521. The van der Waals surface area contributed by atoms with E-state index < -0.39 is 0 Å². The summed E-state index contributed by atoms with van der Waals surface area (Å²) in [5.41, 5.74) is 8.81. The number of hydrogen-bond acceptors (Lipinski definition) is 2. The molecule has 0 amide bonds. The molecule has 96 valence electrons.